The number of hydrogen-bond donors (Lipinski definition) is 0. The van der Waals surface area contributed by atoms with Gasteiger partial charge in [-0.1, -0.05) is 0 Å². The highest BCUT2D eigenvalue weighted by molar-refractivity contribution is 6.11. The van der Waals surface area contributed by atoms with Gasteiger partial charge in [0.2, 0.25) is 0 Å². The van der Waals surface area contributed by atoms with Crippen LogP contribution in [0.4, 0.5) is 0 Å². The molecular formula is C23H26N2O6. The zero-order valence-electron chi connectivity index (χ0n) is 17.9. The van der Waals surface area contributed by atoms with Gasteiger partial charge in [-0.25, -0.2) is 0 Å². The lowest BCUT2D eigenvalue weighted by molar-refractivity contribution is -0.128. The van der Waals surface area contributed by atoms with Gasteiger partial charge in [0.1, 0.15) is 11.7 Å². The van der Waals surface area contributed by atoms with E-state index in [2.05, 4.69) is 5.10 Å². The minimum Gasteiger partial charge on any atom is -0.493 e. The molecule has 8 heteroatoms. The molecule has 3 atom stereocenters. The molecule has 164 valence electrons. The number of benzene rings is 1. The summed E-state index contributed by atoms with van der Waals surface area (Å²) >= 11 is 0. The van der Waals surface area contributed by atoms with E-state index < -0.39 is 17.3 Å². The van der Waals surface area contributed by atoms with Gasteiger partial charge in [-0.3, -0.25) is 14.4 Å². The minimum atomic E-state index is -0.961. The van der Waals surface area contributed by atoms with E-state index in [0.29, 0.717) is 35.4 Å². The van der Waals surface area contributed by atoms with Crippen LogP contribution in [0.3, 0.4) is 0 Å². The third kappa shape index (κ3) is 3.99. The number of aryl methyl sites for hydroxylation is 1. The van der Waals surface area contributed by atoms with Gasteiger partial charge in [-0.05, 0) is 50.3 Å². The molecule has 2 fully saturated rings. The fourth-order valence-corrected chi connectivity index (χ4v) is 4.52. The lowest BCUT2D eigenvalue weighted by atomic mass is 9.85. The first kappa shape index (κ1) is 21.2. The number of Topliss-reactive ketones (excluding diaryl/α,β-unsaturated/α-hetero) is 2. The van der Waals surface area contributed by atoms with Gasteiger partial charge in [0.15, 0.2) is 17.3 Å². The first-order valence-corrected chi connectivity index (χ1v) is 10.4. The zero-order valence-corrected chi connectivity index (χ0v) is 17.9. The van der Waals surface area contributed by atoms with Crippen molar-refractivity contribution in [2.24, 2.45) is 17.8 Å². The van der Waals surface area contributed by atoms with E-state index in [1.54, 1.807) is 25.1 Å². The summed E-state index contributed by atoms with van der Waals surface area (Å²) in [4.78, 5) is 39.6. The van der Waals surface area contributed by atoms with Gasteiger partial charge in [-0.2, -0.15) is 9.78 Å². The molecular weight excluding hydrogens is 400 g/mol. The van der Waals surface area contributed by atoms with Crippen LogP contribution < -0.4 is 15.0 Å². The number of methoxy groups -OCH3 is 2. The molecule has 3 unspecified atom stereocenters. The van der Waals surface area contributed by atoms with E-state index in [4.69, 9.17) is 14.2 Å². The first-order valence-electron chi connectivity index (χ1n) is 10.4. The summed E-state index contributed by atoms with van der Waals surface area (Å²) in [5.41, 5.74) is 0.276. The first-order chi connectivity index (χ1) is 14.9. The van der Waals surface area contributed by atoms with Gasteiger partial charge in [0.25, 0.3) is 5.56 Å². The second-order valence-electron chi connectivity index (χ2n) is 8.19. The van der Waals surface area contributed by atoms with E-state index >= 15 is 0 Å². The third-order valence-electron chi connectivity index (χ3n) is 6.15. The number of carbonyl (C=O) groups excluding carboxylic acids is 2. The van der Waals surface area contributed by atoms with Crippen molar-refractivity contribution in [1.29, 1.82) is 0 Å². The van der Waals surface area contributed by atoms with Crippen LogP contribution in [0.1, 0.15) is 35.3 Å². The molecule has 2 bridgehead atoms. The SMILES string of the molecule is COc1ccc(-n2nc(C)cc(C(=O)C3COCC4CCC(C4)C3=O)c2=O)cc1OC. The molecule has 1 saturated carbocycles. The van der Waals surface area contributed by atoms with Crippen LogP contribution in [0.25, 0.3) is 5.69 Å². The minimum absolute atomic E-state index is 0.0157. The van der Waals surface area contributed by atoms with Gasteiger partial charge in [-0.15, -0.1) is 0 Å². The normalized spacial score (nSPS) is 23.2. The number of aromatic nitrogens is 2. The monoisotopic (exact) mass is 426 g/mol. The Morgan fingerprint density at radius 1 is 1.10 bits per heavy atom. The number of fused-ring (bicyclic) bond motifs is 2. The van der Waals surface area contributed by atoms with Crippen molar-refractivity contribution in [3.8, 4) is 17.2 Å². The summed E-state index contributed by atoms with van der Waals surface area (Å²) in [5, 5.41) is 4.29. The fraction of sp³-hybridized carbons (Fsp3) is 0.478. The molecule has 0 radical (unpaired) electrons. The Bertz CT molecular complexity index is 1080. The number of ether oxygens (including phenoxy) is 3. The molecule has 1 aromatic carbocycles. The maximum Gasteiger partial charge on any atom is 0.282 e. The van der Waals surface area contributed by atoms with Crippen molar-refractivity contribution in [3.05, 3.63) is 45.9 Å². The average molecular weight is 426 g/mol. The Morgan fingerprint density at radius 2 is 1.87 bits per heavy atom. The Labute approximate surface area is 180 Å². The fourth-order valence-electron chi connectivity index (χ4n) is 4.52. The molecule has 2 heterocycles. The number of rotatable bonds is 5. The molecule has 2 aromatic rings. The standard InChI is InChI=1S/C23H26N2O6/c1-13-8-17(22(27)18-12-31-11-14-4-5-15(9-14)21(18)26)23(28)25(24-13)16-6-7-19(29-2)20(10-16)30-3/h6-8,10,14-15,18H,4-5,9,11-12H2,1-3H3. The number of carbonyl (C=O) groups is 2. The highest BCUT2D eigenvalue weighted by atomic mass is 16.5. The summed E-state index contributed by atoms with van der Waals surface area (Å²) in [5.74, 6) is -0.372. The molecule has 1 aliphatic heterocycles. The van der Waals surface area contributed by atoms with Gasteiger partial charge < -0.3 is 14.2 Å². The average Bonchev–Trinajstić information content (AvgIpc) is 3.26. The number of nitrogens with zero attached hydrogens (tertiary/aromatic N) is 2. The molecule has 2 aliphatic rings. The lowest BCUT2D eigenvalue weighted by Gasteiger charge is -2.22. The molecule has 8 nitrogen and oxygen atoms in total. The second kappa shape index (κ2) is 8.63. The van der Waals surface area contributed by atoms with Crippen LogP contribution in [0.15, 0.2) is 29.1 Å². The summed E-state index contributed by atoms with van der Waals surface area (Å²) in [6, 6.07) is 6.39. The van der Waals surface area contributed by atoms with Crippen LogP contribution in [0.2, 0.25) is 0 Å². The molecule has 0 amide bonds. The molecule has 1 aliphatic carbocycles. The smallest absolute Gasteiger partial charge is 0.282 e. The maximum absolute atomic E-state index is 13.3. The summed E-state index contributed by atoms with van der Waals surface area (Å²) in [6.45, 7) is 2.27. The molecule has 0 spiro atoms. The molecule has 0 N–H and O–H groups in total. The van der Waals surface area contributed by atoms with Gasteiger partial charge in [0.05, 0.1) is 37.8 Å². The lowest BCUT2D eigenvalue weighted by Crippen LogP contribution is -2.38. The highest BCUT2D eigenvalue weighted by Gasteiger charge is 2.40. The van der Waals surface area contributed by atoms with Crippen LogP contribution in [0.5, 0.6) is 11.5 Å². The molecule has 4 rings (SSSR count). The number of ketones is 2. The van der Waals surface area contributed by atoms with Crippen LogP contribution in [0, 0.1) is 24.7 Å². The summed E-state index contributed by atoms with van der Waals surface area (Å²) in [7, 11) is 3.02. The van der Waals surface area contributed by atoms with Crippen molar-refractivity contribution in [1.82, 2.24) is 9.78 Å². The zero-order chi connectivity index (χ0) is 22.1. The maximum atomic E-state index is 13.3. The number of hydrogen-bond acceptors (Lipinski definition) is 7. The molecule has 1 aromatic heterocycles. The van der Waals surface area contributed by atoms with E-state index in [9.17, 15) is 14.4 Å². The van der Waals surface area contributed by atoms with E-state index in [1.807, 2.05) is 0 Å². The van der Waals surface area contributed by atoms with Crippen LogP contribution >= 0.6 is 0 Å². The largest absolute Gasteiger partial charge is 0.493 e. The molecule has 1 saturated heterocycles. The van der Waals surface area contributed by atoms with Crippen molar-refractivity contribution >= 4 is 11.6 Å². The highest BCUT2D eigenvalue weighted by Crippen LogP contribution is 2.36. The van der Waals surface area contributed by atoms with E-state index in [-0.39, 0.29) is 23.9 Å². The topological polar surface area (TPSA) is 96.7 Å². The Kier molecular flexibility index (Phi) is 5.91. The Balaban J connectivity index is 1.73. The second-order valence-corrected chi connectivity index (χ2v) is 8.19. The van der Waals surface area contributed by atoms with Crippen molar-refractivity contribution in [3.63, 3.8) is 0 Å². The Morgan fingerprint density at radius 3 is 2.61 bits per heavy atom. The van der Waals surface area contributed by atoms with E-state index in [0.717, 1.165) is 23.9 Å². The summed E-state index contributed by atoms with van der Waals surface area (Å²) < 4.78 is 17.4. The van der Waals surface area contributed by atoms with Crippen LogP contribution in [-0.4, -0.2) is 48.8 Å². The van der Waals surface area contributed by atoms with Crippen molar-refractivity contribution in [2.75, 3.05) is 27.4 Å². The van der Waals surface area contributed by atoms with Gasteiger partial charge in [0, 0.05) is 18.6 Å². The quantitative estimate of drug-likeness (QED) is 0.535. The third-order valence-corrected chi connectivity index (χ3v) is 6.15. The van der Waals surface area contributed by atoms with Gasteiger partial charge >= 0.3 is 0 Å². The van der Waals surface area contributed by atoms with Crippen molar-refractivity contribution < 1.29 is 23.8 Å². The predicted octanol–water partition coefficient (Wildman–Crippen LogP) is 2.37. The van der Waals surface area contributed by atoms with Crippen LogP contribution in [-0.2, 0) is 9.53 Å². The van der Waals surface area contributed by atoms with E-state index in [1.165, 1.54) is 20.3 Å². The van der Waals surface area contributed by atoms with Crippen molar-refractivity contribution in [2.45, 2.75) is 26.2 Å². The predicted molar refractivity (Wildman–Crippen MR) is 112 cm³/mol. The molecule has 31 heavy (non-hydrogen) atoms. The summed E-state index contributed by atoms with van der Waals surface area (Å²) in [6.07, 6.45) is 2.48. The Hall–Kier alpha value is -3.00.